The maximum atomic E-state index is 11.8. The predicted molar refractivity (Wildman–Crippen MR) is 70.7 cm³/mol. The van der Waals surface area contributed by atoms with Crippen LogP contribution in [0.4, 0.5) is 4.79 Å². The molecule has 2 aliphatic heterocycles. The third-order valence-corrected chi connectivity index (χ3v) is 4.16. The van der Waals surface area contributed by atoms with Gasteiger partial charge in [-0.25, -0.2) is 4.79 Å². The lowest BCUT2D eigenvalue weighted by molar-refractivity contribution is -0.140. The van der Waals surface area contributed by atoms with Gasteiger partial charge in [0.2, 0.25) is 0 Å². The maximum Gasteiger partial charge on any atom is 0.317 e. The molecule has 0 aromatic carbocycles. The summed E-state index contributed by atoms with van der Waals surface area (Å²) in [5.41, 5.74) is 0. The van der Waals surface area contributed by atoms with Gasteiger partial charge >= 0.3 is 12.0 Å². The van der Waals surface area contributed by atoms with Crippen LogP contribution >= 0.6 is 0 Å². The molecule has 6 heteroatoms. The number of esters is 1. The summed E-state index contributed by atoms with van der Waals surface area (Å²) in [5.74, 6) is 0.291. The number of methoxy groups -OCH3 is 1. The lowest BCUT2D eigenvalue weighted by Crippen LogP contribution is -2.41. The molecule has 2 aliphatic rings. The number of carbonyl (C=O) groups excluding carboxylic acids is 2. The Morgan fingerprint density at radius 1 is 1.42 bits per heavy atom. The normalized spacial score (nSPS) is 25.5. The number of amides is 2. The summed E-state index contributed by atoms with van der Waals surface area (Å²) in [5, 5.41) is 3.05. The van der Waals surface area contributed by atoms with Crippen LogP contribution in [0.1, 0.15) is 19.3 Å². The first-order valence-corrected chi connectivity index (χ1v) is 6.91. The summed E-state index contributed by atoms with van der Waals surface area (Å²) in [6, 6.07) is 0.187. The first-order valence-electron chi connectivity index (χ1n) is 6.91. The Hall–Kier alpha value is -1.30. The highest BCUT2D eigenvalue weighted by Crippen LogP contribution is 2.23. The van der Waals surface area contributed by atoms with E-state index in [-0.39, 0.29) is 24.5 Å². The van der Waals surface area contributed by atoms with Crippen molar-refractivity contribution in [2.45, 2.75) is 25.3 Å². The molecule has 0 radical (unpaired) electrons. The smallest absolute Gasteiger partial charge is 0.317 e. The molecule has 0 spiro atoms. The second kappa shape index (κ2) is 6.23. The molecular weight excluding hydrogens is 246 g/mol. The van der Waals surface area contributed by atoms with Crippen molar-refractivity contribution < 1.29 is 14.3 Å². The zero-order chi connectivity index (χ0) is 13.8. The quantitative estimate of drug-likeness (QED) is 0.745. The van der Waals surface area contributed by atoms with Crippen molar-refractivity contribution in [1.82, 2.24) is 15.1 Å². The Kier molecular flexibility index (Phi) is 4.63. The molecule has 0 saturated carbocycles. The highest BCUT2D eigenvalue weighted by atomic mass is 16.5. The van der Waals surface area contributed by atoms with Gasteiger partial charge in [0.25, 0.3) is 0 Å². The first-order chi connectivity index (χ1) is 9.10. The van der Waals surface area contributed by atoms with E-state index in [1.807, 2.05) is 0 Å². The number of ether oxygens (including phenoxy) is 1. The third kappa shape index (κ3) is 3.59. The Morgan fingerprint density at radius 2 is 2.11 bits per heavy atom. The minimum Gasteiger partial charge on any atom is -0.469 e. The highest BCUT2D eigenvalue weighted by Gasteiger charge is 2.35. The van der Waals surface area contributed by atoms with Crippen molar-refractivity contribution in [2.75, 3.05) is 40.3 Å². The fourth-order valence-electron chi connectivity index (χ4n) is 2.83. The molecular formula is C13H23N3O3. The fraction of sp³-hybridized carbons (Fsp3) is 0.846. The van der Waals surface area contributed by atoms with E-state index in [1.165, 1.54) is 7.11 Å². The van der Waals surface area contributed by atoms with Crippen LogP contribution in [0.3, 0.4) is 0 Å². The second-order valence-corrected chi connectivity index (χ2v) is 5.47. The number of rotatable bonds is 4. The summed E-state index contributed by atoms with van der Waals surface area (Å²) in [6.45, 7) is 3.35. The molecule has 1 unspecified atom stereocenters. The summed E-state index contributed by atoms with van der Waals surface area (Å²) in [6.07, 6.45) is 2.53. The number of nitrogens with zero attached hydrogens (tertiary/aromatic N) is 2. The third-order valence-electron chi connectivity index (χ3n) is 4.16. The average Bonchev–Trinajstić information content (AvgIpc) is 2.78. The van der Waals surface area contributed by atoms with Crippen LogP contribution in [0, 0.1) is 5.92 Å². The van der Waals surface area contributed by atoms with Gasteiger partial charge in [0, 0.05) is 13.1 Å². The van der Waals surface area contributed by atoms with Crippen molar-refractivity contribution in [3.63, 3.8) is 0 Å². The zero-order valence-corrected chi connectivity index (χ0v) is 11.7. The molecule has 0 aromatic rings. The van der Waals surface area contributed by atoms with Crippen LogP contribution in [0.15, 0.2) is 0 Å². The number of carbonyl (C=O) groups is 2. The molecule has 2 heterocycles. The number of nitrogens with one attached hydrogen (secondary N) is 1. The Labute approximate surface area is 114 Å². The molecule has 0 bridgehead atoms. The van der Waals surface area contributed by atoms with Crippen LogP contribution in [-0.4, -0.2) is 68.2 Å². The number of likely N-dealkylation sites (tertiary alicyclic amines) is 1. The van der Waals surface area contributed by atoms with Gasteiger partial charge in [0.05, 0.1) is 19.6 Å². The largest absolute Gasteiger partial charge is 0.469 e. The van der Waals surface area contributed by atoms with Crippen molar-refractivity contribution in [2.24, 2.45) is 5.92 Å². The van der Waals surface area contributed by atoms with Gasteiger partial charge in [0.15, 0.2) is 0 Å². The van der Waals surface area contributed by atoms with Crippen LogP contribution in [-0.2, 0) is 9.53 Å². The number of hydrogen-bond donors (Lipinski definition) is 1. The van der Waals surface area contributed by atoms with Gasteiger partial charge in [-0.1, -0.05) is 0 Å². The molecule has 2 saturated heterocycles. The fourth-order valence-corrected chi connectivity index (χ4v) is 2.83. The van der Waals surface area contributed by atoms with E-state index in [1.54, 1.807) is 4.90 Å². The molecule has 6 nitrogen and oxygen atoms in total. The van der Waals surface area contributed by atoms with Crippen molar-refractivity contribution >= 4 is 12.0 Å². The molecule has 1 atom stereocenters. The summed E-state index contributed by atoms with van der Waals surface area (Å²) in [7, 11) is 3.50. The van der Waals surface area contributed by atoms with Crippen molar-refractivity contribution in [1.29, 1.82) is 0 Å². The molecule has 2 rings (SSSR count). The zero-order valence-electron chi connectivity index (χ0n) is 11.7. The van der Waals surface area contributed by atoms with Gasteiger partial charge in [-0.3, -0.25) is 4.79 Å². The lowest BCUT2D eigenvalue weighted by atomic mass is 9.90. The minimum absolute atomic E-state index is 0.0483. The molecule has 0 aromatic heterocycles. The molecule has 2 amide bonds. The standard InChI is InChI=1S/C13H23N3O3/c1-15-6-3-10(4-7-15)11-9-16(13(18)14-11)8-5-12(17)19-2/h10-11H,3-9H2,1-2H3,(H,14,18). The second-order valence-electron chi connectivity index (χ2n) is 5.47. The average molecular weight is 269 g/mol. The van der Waals surface area contributed by atoms with Gasteiger partial charge in [-0.2, -0.15) is 0 Å². The molecule has 108 valence electrons. The van der Waals surface area contributed by atoms with E-state index in [9.17, 15) is 9.59 Å². The van der Waals surface area contributed by atoms with E-state index in [4.69, 9.17) is 0 Å². The van der Waals surface area contributed by atoms with Crippen molar-refractivity contribution in [3.05, 3.63) is 0 Å². The predicted octanol–water partition coefficient (Wildman–Crippen LogP) is 0.285. The van der Waals surface area contributed by atoms with E-state index in [0.29, 0.717) is 19.0 Å². The summed E-state index contributed by atoms with van der Waals surface area (Å²) < 4.78 is 4.60. The molecule has 0 aliphatic carbocycles. The van der Waals surface area contributed by atoms with Gasteiger partial charge < -0.3 is 19.9 Å². The summed E-state index contributed by atoms with van der Waals surface area (Å²) in [4.78, 5) is 27.0. The van der Waals surface area contributed by atoms with Gasteiger partial charge in [0.1, 0.15) is 0 Å². The monoisotopic (exact) mass is 269 g/mol. The minimum atomic E-state index is -0.268. The Bertz CT molecular complexity index is 340. The number of piperidine rings is 1. The number of urea groups is 1. The lowest BCUT2D eigenvalue weighted by Gasteiger charge is -2.32. The SMILES string of the molecule is COC(=O)CCN1CC(C2CCN(C)CC2)NC1=O. The van der Waals surface area contributed by atoms with E-state index in [0.717, 1.165) is 25.9 Å². The molecule has 19 heavy (non-hydrogen) atoms. The first kappa shape index (κ1) is 14.1. The van der Waals surface area contributed by atoms with Crippen LogP contribution in [0.2, 0.25) is 0 Å². The highest BCUT2D eigenvalue weighted by molar-refractivity contribution is 5.78. The van der Waals surface area contributed by atoms with E-state index < -0.39 is 0 Å². The molecule has 2 fully saturated rings. The Morgan fingerprint density at radius 3 is 2.74 bits per heavy atom. The molecule has 1 N–H and O–H groups in total. The Balaban J connectivity index is 1.80. The van der Waals surface area contributed by atoms with Crippen LogP contribution < -0.4 is 5.32 Å². The van der Waals surface area contributed by atoms with Gasteiger partial charge in [-0.15, -0.1) is 0 Å². The van der Waals surface area contributed by atoms with Crippen LogP contribution in [0.5, 0.6) is 0 Å². The maximum absolute atomic E-state index is 11.8. The topological polar surface area (TPSA) is 61.9 Å². The van der Waals surface area contributed by atoms with Crippen LogP contribution in [0.25, 0.3) is 0 Å². The van der Waals surface area contributed by atoms with Gasteiger partial charge in [-0.05, 0) is 38.9 Å². The summed E-state index contributed by atoms with van der Waals surface area (Å²) >= 11 is 0. The van der Waals surface area contributed by atoms with E-state index in [2.05, 4.69) is 22.0 Å². The van der Waals surface area contributed by atoms with Crippen molar-refractivity contribution in [3.8, 4) is 0 Å². The van der Waals surface area contributed by atoms with E-state index >= 15 is 0 Å². The number of hydrogen-bond acceptors (Lipinski definition) is 4.